The molecule has 7 heteroatoms. The summed E-state index contributed by atoms with van der Waals surface area (Å²) in [6, 6.07) is 15.0. The number of hydrogen-bond acceptors (Lipinski definition) is 6. The van der Waals surface area contributed by atoms with E-state index in [4.69, 9.17) is 13.9 Å². The van der Waals surface area contributed by atoms with Gasteiger partial charge in [-0.25, -0.2) is 0 Å². The van der Waals surface area contributed by atoms with Crippen molar-refractivity contribution in [2.45, 2.75) is 18.9 Å². The van der Waals surface area contributed by atoms with Gasteiger partial charge in [0.05, 0.1) is 13.2 Å². The van der Waals surface area contributed by atoms with E-state index in [0.29, 0.717) is 17.6 Å². The number of nitrogens with zero attached hydrogens (tertiary/aromatic N) is 2. The molecule has 3 aromatic rings. The van der Waals surface area contributed by atoms with Crippen LogP contribution in [-0.2, 0) is 4.79 Å². The summed E-state index contributed by atoms with van der Waals surface area (Å²) in [4.78, 5) is 12.4. The predicted molar refractivity (Wildman–Crippen MR) is 102 cm³/mol. The minimum atomic E-state index is -0.145. The third-order valence-corrected chi connectivity index (χ3v) is 4.72. The molecule has 1 N–H and O–H groups in total. The molecule has 1 aliphatic carbocycles. The average Bonchev–Trinajstić information content (AvgIpc) is 3.44. The lowest BCUT2D eigenvalue weighted by molar-refractivity contribution is -0.124. The zero-order valence-corrected chi connectivity index (χ0v) is 15.5. The van der Waals surface area contributed by atoms with Crippen molar-refractivity contribution in [1.82, 2.24) is 15.5 Å². The number of carbonyl (C=O) groups excluding carboxylic acids is 1. The lowest BCUT2D eigenvalue weighted by Crippen LogP contribution is -2.33. The van der Waals surface area contributed by atoms with E-state index < -0.39 is 0 Å². The molecule has 144 valence electrons. The molecular formula is C21H21N3O4. The molecule has 1 atom stereocenters. The van der Waals surface area contributed by atoms with Crippen molar-refractivity contribution in [1.29, 1.82) is 0 Å². The van der Waals surface area contributed by atoms with Crippen molar-refractivity contribution in [3.8, 4) is 23.0 Å². The quantitative estimate of drug-likeness (QED) is 0.646. The van der Waals surface area contributed by atoms with Gasteiger partial charge in [0, 0.05) is 5.56 Å². The van der Waals surface area contributed by atoms with Crippen LogP contribution >= 0.6 is 0 Å². The van der Waals surface area contributed by atoms with Crippen LogP contribution in [0, 0.1) is 5.92 Å². The van der Waals surface area contributed by atoms with Gasteiger partial charge in [0.25, 0.3) is 5.91 Å². The van der Waals surface area contributed by atoms with Crippen molar-refractivity contribution >= 4 is 5.91 Å². The molecule has 1 saturated carbocycles. The monoisotopic (exact) mass is 379 g/mol. The van der Waals surface area contributed by atoms with Crippen LogP contribution in [0.5, 0.6) is 11.5 Å². The first-order chi connectivity index (χ1) is 13.7. The molecule has 0 bridgehead atoms. The van der Waals surface area contributed by atoms with E-state index in [1.165, 1.54) is 6.39 Å². The van der Waals surface area contributed by atoms with E-state index >= 15 is 0 Å². The van der Waals surface area contributed by atoms with Gasteiger partial charge in [0.1, 0.15) is 11.5 Å². The fourth-order valence-electron chi connectivity index (χ4n) is 3.07. The maximum atomic E-state index is 12.4. The molecular weight excluding hydrogens is 358 g/mol. The highest BCUT2D eigenvalue weighted by molar-refractivity contribution is 5.78. The summed E-state index contributed by atoms with van der Waals surface area (Å²) < 4.78 is 16.0. The number of hydrogen-bond donors (Lipinski definition) is 1. The highest BCUT2D eigenvalue weighted by Crippen LogP contribution is 2.41. The average molecular weight is 379 g/mol. The Bertz CT molecular complexity index is 904. The van der Waals surface area contributed by atoms with Gasteiger partial charge in [-0.05, 0) is 60.7 Å². The Morgan fingerprint density at radius 1 is 1.14 bits per heavy atom. The molecule has 1 aromatic heterocycles. The Morgan fingerprint density at radius 2 is 1.86 bits per heavy atom. The number of methoxy groups -OCH3 is 1. The smallest absolute Gasteiger partial charge is 0.258 e. The second kappa shape index (κ2) is 8.12. The van der Waals surface area contributed by atoms with Crippen LogP contribution in [0.2, 0.25) is 0 Å². The van der Waals surface area contributed by atoms with Crippen molar-refractivity contribution in [2.75, 3.05) is 13.7 Å². The standard InChI is InChI=1S/C21H21N3O4/c1-26-17-8-4-15(5-9-17)20(14-2-3-14)23-19(25)12-27-18-10-6-16(7-11-18)21-24-22-13-28-21/h4-11,13-14,20H,2-3,12H2,1H3,(H,23,25). The maximum Gasteiger partial charge on any atom is 0.258 e. The normalized spacial score (nSPS) is 14.3. The lowest BCUT2D eigenvalue weighted by atomic mass is 10.0. The Morgan fingerprint density at radius 3 is 2.46 bits per heavy atom. The summed E-state index contributed by atoms with van der Waals surface area (Å²) in [5.41, 5.74) is 1.88. The fourth-order valence-corrected chi connectivity index (χ4v) is 3.07. The molecule has 0 spiro atoms. The van der Waals surface area contributed by atoms with E-state index in [0.717, 1.165) is 29.7 Å². The minimum absolute atomic E-state index is 0.00177. The van der Waals surface area contributed by atoms with Gasteiger partial charge < -0.3 is 19.2 Å². The lowest BCUT2D eigenvalue weighted by Gasteiger charge is -2.19. The van der Waals surface area contributed by atoms with Crippen molar-refractivity contribution in [3.05, 3.63) is 60.5 Å². The number of rotatable bonds is 8. The number of carbonyl (C=O) groups is 1. The molecule has 28 heavy (non-hydrogen) atoms. The van der Waals surface area contributed by atoms with Gasteiger partial charge in [-0.2, -0.15) is 0 Å². The molecule has 1 heterocycles. The maximum absolute atomic E-state index is 12.4. The summed E-state index contributed by atoms with van der Waals surface area (Å²) in [6.07, 6.45) is 3.52. The van der Waals surface area contributed by atoms with E-state index in [2.05, 4.69) is 15.5 Å². The molecule has 1 unspecified atom stereocenters. The number of aromatic nitrogens is 2. The van der Waals surface area contributed by atoms with Crippen molar-refractivity contribution in [3.63, 3.8) is 0 Å². The van der Waals surface area contributed by atoms with Gasteiger partial charge in [-0.3, -0.25) is 4.79 Å². The SMILES string of the molecule is COc1ccc(C(NC(=O)COc2ccc(-c3nnco3)cc2)C2CC2)cc1. The van der Waals surface area contributed by atoms with Crippen LogP contribution < -0.4 is 14.8 Å². The van der Waals surface area contributed by atoms with Gasteiger partial charge in [-0.15, -0.1) is 10.2 Å². The van der Waals surface area contributed by atoms with Gasteiger partial charge >= 0.3 is 0 Å². The topological polar surface area (TPSA) is 86.5 Å². The van der Waals surface area contributed by atoms with Gasteiger partial charge in [-0.1, -0.05) is 12.1 Å². The first-order valence-electron chi connectivity index (χ1n) is 9.15. The molecule has 7 nitrogen and oxygen atoms in total. The molecule has 0 radical (unpaired) electrons. The van der Waals surface area contributed by atoms with Crippen LogP contribution in [0.1, 0.15) is 24.4 Å². The van der Waals surface area contributed by atoms with Crippen LogP contribution in [0.25, 0.3) is 11.5 Å². The fraction of sp³-hybridized carbons (Fsp3) is 0.286. The van der Waals surface area contributed by atoms with Crippen LogP contribution in [-0.4, -0.2) is 29.8 Å². The number of ether oxygens (including phenoxy) is 2. The predicted octanol–water partition coefficient (Wildman–Crippen LogP) is 3.39. The Hall–Kier alpha value is -3.35. The first-order valence-corrected chi connectivity index (χ1v) is 9.15. The first kappa shape index (κ1) is 18.0. The Labute approximate surface area is 162 Å². The van der Waals surface area contributed by atoms with Gasteiger partial charge in [0.15, 0.2) is 6.61 Å². The second-order valence-electron chi connectivity index (χ2n) is 6.71. The summed E-state index contributed by atoms with van der Waals surface area (Å²) >= 11 is 0. The van der Waals surface area contributed by atoms with E-state index in [-0.39, 0.29) is 18.6 Å². The third kappa shape index (κ3) is 4.31. The number of amides is 1. The Balaban J connectivity index is 1.33. The van der Waals surface area contributed by atoms with Crippen LogP contribution in [0.15, 0.2) is 59.3 Å². The second-order valence-corrected chi connectivity index (χ2v) is 6.71. The molecule has 1 aliphatic rings. The Kier molecular flexibility index (Phi) is 5.23. The minimum Gasteiger partial charge on any atom is -0.497 e. The number of nitrogens with one attached hydrogen (secondary N) is 1. The highest BCUT2D eigenvalue weighted by atomic mass is 16.5. The van der Waals surface area contributed by atoms with Crippen LogP contribution in [0.3, 0.4) is 0 Å². The molecule has 1 fully saturated rings. The van der Waals surface area contributed by atoms with Crippen molar-refractivity contribution in [2.24, 2.45) is 5.92 Å². The summed E-state index contributed by atoms with van der Waals surface area (Å²) in [5.74, 6) is 2.18. The summed E-state index contributed by atoms with van der Waals surface area (Å²) in [7, 11) is 1.64. The highest BCUT2D eigenvalue weighted by Gasteiger charge is 2.33. The zero-order valence-electron chi connectivity index (χ0n) is 15.5. The summed E-state index contributed by atoms with van der Waals surface area (Å²) in [5, 5.41) is 10.6. The van der Waals surface area contributed by atoms with Crippen molar-refractivity contribution < 1.29 is 18.7 Å². The van der Waals surface area contributed by atoms with Crippen LogP contribution in [0.4, 0.5) is 0 Å². The molecule has 0 saturated heterocycles. The summed E-state index contributed by atoms with van der Waals surface area (Å²) in [6.45, 7) is -0.0424. The van der Waals surface area contributed by atoms with E-state index in [1.54, 1.807) is 19.2 Å². The van der Waals surface area contributed by atoms with E-state index in [9.17, 15) is 4.79 Å². The zero-order chi connectivity index (χ0) is 19.3. The molecule has 2 aromatic carbocycles. The molecule has 4 rings (SSSR count). The van der Waals surface area contributed by atoms with E-state index in [1.807, 2.05) is 36.4 Å². The number of benzene rings is 2. The largest absolute Gasteiger partial charge is 0.497 e. The van der Waals surface area contributed by atoms with Gasteiger partial charge in [0.2, 0.25) is 12.3 Å². The third-order valence-electron chi connectivity index (χ3n) is 4.72. The molecule has 1 amide bonds. The molecule has 0 aliphatic heterocycles.